The van der Waals surface area contributed by atoms with Crippen LogP contribution in [0.3, 0.4) is 0 Å². The van der Waals surface area contributed by atoms with Crippen molar-refractivity contribution in [2.75, 3.05) is 13.2 Å². The smallest absolute Gasteiger partial charge is 0.192 e. The van der Waals surface area contributed by atoms with Gasteiger partial charge >= 0.3 is 0 Å². The molecule has 1 unspecified atom stereocenters. The highest BCUT2D eigenvalue weighted by molar-refractivity contribution is 5.92. The van der Waals surface area contributed by atoms with E-state index >= 15 is 0 Å². The van der Waals surface area contributed by atoms with Gasteiger partial charge in [-0.3, -0.25) is 9.59 Å². The Bertz CT molecular complexity index is 810. The van der Waals surface area contributed by atoms with Crippen LogP contribution in [-0.4, -0.2) is 46.7 Å². The summed E-state index contributed by atoms with van der Waals surface area (Å²) < 4.78 is 5.89. The number of Topliss-reactive ketones (excluding diaryl/α,β-unsaturated/α-hetero) is 1. The van der Waals surface area contributed by atoms with E-state index in [1.807, 2.05) is 13.0 Å². The third kappa shape index (κ3) is 2.70. The van der Waals surface area contributed by atoms with Gasteiger partial charge in [0.1, 0.15) is 6.61 Å². The molecule has 0 bridgehead atoms. The second-order valence-corrected chi connectivity index (χ2v) is 9.69. The molecule has 4 aliphatic rings. The van der Waals surface area contributed by atoms with Gasteiger partial charge in [-0.1, -0.05) is 37.1 Å². The predicted octanol–water partition coefficient (Wildman–Crippen LogP) is 2.91. The first-order valence-electron chi connectivity index (χ1n) is 10.8. The van der Waals surface area contributed by atoms with Crippen molar-refractivity contribution < 1.29 is 24.5 Å². The summed E-state index contributed by atoms with van der Waals surface area (Å²) >= 11 is 0. The first kappa shape index (κ1) is 20.7. The molecule has 0 aromatic heterocycles. The van der Waals surface area contributed by atoms with Crippen molar-refractivity contribution in [3.63, 3.8) is 0 Å². The Labute approximate surface area is 172 Å². The average molecular weight is 401 g/mol. The molecule has 4 rings (SSSR count). The molecule has 0 heterocycles. The van der Waals surface area contributed by atoms with Crippen molar-refractivity contribution in [1.82, 2.24) is 0 Å². The monoisotopic (exact) mass is 400 g/mol. The molecule has 0 aromatic carbocycles. The number of rotatable bonds is 5. The van der Waals surface area contributed by atoms with Crippen LogP contribution >= 0.6 is 0 Å². The van der Waals surface area contributed by atoms with Crippen molar-refractivity contribution in [3.8, 4) is 0 Å². The van der Waals surface area contributed by atoms with Gasteiger partial charge in [-0.15, -0.1) is 6.58 Å². The number of carbonyl (C=O) groups excluding carboxylic acids is 2. The molecule has 0 aliphatic heterocycles. The summed E-state index contributed by atoms with van der Waals surface area (Å²) in [5.41, 5.74) is 0.107. The molecule has 0 spiro atoms. The molecule has 29 heavy (non-hydrogen) atoms. The maximum atomic E-state index is 12.8. The fraction of sp³-hybridized carbons (Fsp3) is 0.667. The van der Waals surface area contributed by atoms with Crippen LogP contribution in [0.25, 0.3) is 0 Å². The van der Waals surface area contributed by atoms with E-state index in [2.05, 4.69) is 19.6 Å². The summed E-state index contributed by atoms with van der Waals surface area (Å²) in [4.78, 5) is 24.8. The Balaban J connectivity index is 1.76. The number of hydrogen-bond acceptors (Lipinski definition) is 5. The Morgan fingerprint density at radius 3 is 2.83 bits per heavy atom. The van der Waals surface area contributed by atoms with Crippen LogP contribution in [0, 0.1) is 22.7 Å². The number of aliphatic hydroxyl groups excluding tert-OH is 1. The van der Waals surface area contributed by atoms with Crippen LogP contribution in [0.2, 0.25) is 0 Å². The molecule has 6 atom stereocenters. The molecule has 4 aliphatic carbocycles. The zero-order valence-corrected chi connectivity index (χ0v) is 17.4. The summed E-state index contributed by atoms with van der Waals surface area (Å²) in [5.74, 6) is 0.00592. The van der Waals surface area contributed by atoms with E-state index in [9.17, 15) is 19.8 Å². The average Bonchev–Trinajstić information content (AvgIpc) is 2.94. The van der Waals surface area contributed by atoms with E-state index in [4.69, 9.17) is 4.74 Å². The molecule has 0 saturated heterocycles. The van der Waals surface area contributed by atoms with Crippen molar-refractivity contribution in [1.29, 1.82) is 0 Å². The Morgan fingerprint density at radius 1 is 1.38 bits per heavy atom. The minimum Gasteiger partial charge on any atom is -0.388 e. The van der Waals surface area contributed by atoms with E-state index in [1.54, 1.807) is 6.08 Å². The van der Waals surface area contributed by atoms with Crippen LogP contribution in [0.15, 0.2) is 36.0 Å². The van der Waals surface area contributed by atoms with Gasteiger partial charge in [0, 0.05) is 17.3 Å². The van der Waals surface area contributed by atoms with Crippen molar-refractivity contribution in [3.05, 3.63) is 36.0 Å². The van der Waals surface area contributed by atoms with Gasteiger partial charge in [0.2, 0.25) is 0 Å². The molecule has 2 saturated carbocycles. The summed E-state index contributed by atoms with van der Waals surface area (Å²) in [7, 11) is 0. The molecule has 2 fully saturated rings. The minimum atomic E-state index is -1.71. The lowest BCUT2D eigenvalue weighted by Crippen LogP contribution is -2.60. The topological polar surface area (TPSA) is 83.8 Å². The van der Waals surface area contributed by atoms with E-state index in [1.165, 1.54) is 11.1 Å². The van der Waals surface area contributed by atoms with Gasteiger partial charge in [0.25, 0.3) is 0 Å². The largest absolute Gasteiger partial charge is 0.388 e. The van der Waals surface area contributed by atoms with E-state index in [0.717, 1.165) is 19.3 Å². The predicted molar refractivity (Wildman–Crippen MR) is 109 cm³/mol. The lowest BCUT2D eigenvalue weighted by Gasteiger charge is -2.54. The van der Waals surface area contributed by atoms with Crippen LogP contribution in [0.5, 0.6) is 0 Å². The molecule has 0 aromatic rings. The molecule has 0 radical (unpaired) electrons. The van der Waals surface area contributed by atoms with Gasteiger partial charge in [0.15, 0.2) is 17.2 Å². The fourth-order valence-corrected chi connectivity index (χ4v) is 6.85. The second-order valence-electron chi connectivity index (χ2n) is 9.69. The van der Waals surface area contributed by atoms with E-state index < -0.39 is 29.5 Å². The van der Waals surface area contributed by atoms with Crippen LogP contribution in [0.1, 0.15) is 52.4 Å². The van der Waals surface area contributed by atoms with Gasteiger partial charge in [-0.2, -0.15) is 0 Å². The highest BCUT2D eigenvalue weighted by Crippen LogP contribution is 2.66. The maximum absolute atomic E-state index is 12.8. The summed E-state index contributed by atoms with van der Waals surface area (Å²) in [6, 6.07) is 0. The van der Waals surface area contributed by atoms with Gasteiger partial charge in [-0.25, -0.2) is 0 Å². The molecule has 0 amide bonds. The first-order valence-corrected chi connectivity index (χ1v) is 10.8. The van der Waals surface area contributed by atoms with Gasteiger partial charge in [-0.05, 0) is 50.0 Å². The number of ketones is 2. The quantitative estimate of drug-likeness (QED) is 0.694. The third-order valence-corrected chi connectivity index (χ3v) is 8.52. The number of carbonyl (C=O) groups is 2. The molecular formula is C24H32O5. The van der Waals surface area contributed by atoms with E-state index in [0.29, 0.717) is 19.3 Å². The van der Waals surface area contributed by atoms with Gasteiger partial charge < -0.3 is 14.9 Å². The zero-order chi connectivity index (χ0) is 21.0. The standard InChI is InChI=1S/C24H32O5/c1-4-11-29-21-13-19-17-6-5-15-12-16(26)7-9-22(15,2)18(17)8-10-23(19,3)24(21,28)20(27)14-25/h4,8,12,17,19,21,25,28H,1,5-7,9-11,13-14H2,2-3H3/t17-,19+,21?,22+,23+,24-/m1/s1. The van der Waals surface area contributed by atoms with Crippen LogP contribution < -0.4 is 0 Å². The molecule has 5 heteroatoms. The SMILES string of the molecule is C=CCOC1C[C@H]2[C@@H]3CCC4=CC(=O)CC[C@]4(C)C3=CC[C@]2(C)[C@@]1(O)C(=O)CO. The number of aliphatic hydroxyl groups is 2. The van der Waals surface area contributed by atoms with E-state index in [-0.39, 0.29) is 29.6 Å². The second kappa shape index (κ2) is 7.00. The number of ether oxygens (including phenoxy) is 1. The Morgan fingerprint density at radius 2 is 2.14 bits per heavy atom. The molecule has 158 valence electrons. The van der Waals surface area contributed by atoms with Crippen LogP contribution in [0.4, 0.5) is 0 Å². The lowest BCUT2D eigenvalue weighted by molar-refractivity contribution is -0.174. The highest BCUT2D eigenvalue weighted by Gasteiger charge is 2.68. The Hall–Kier alpha value is -1.56. The van der Waals surface area contributed by atoms with Crippen molar-refractivity contribution in [2.45, 2.75) is 64.1 Å². The summed E-state index contributed by atoms with van der Waals surface area (Å²) in [6.07, 6.45) is 9.39. The van der Waals surface area contributed by atoms with Crippen molar-refractivity contribution >= 4 is 11.6 Å². The first-order chi connectivity index (χ1) is 13.7. The molecular weight excluding hydrogens is 368 g/mol. The maximum Gasteiger partial charge on any atom is 0.192 e. The normalized spacial score (nSPS) is 43.6. The number of allylic oxidation sites excluding steroid dienone is 4. The van der Waals surface area contributed by atoms with Gasteiger partial charge in [0.05, 0.1) is 12.7 Å². The molecule has 5 nitrogen and oxygen atoms in total. The Kier molecular flexibility index (Phi) is 5.00. The lowest BCUT2D eigenvalue weighted by atomic mass is 9.50. The molecule has 2 N–H and O–H groups in total. The summed E-state index contributed by atoms with van der Waals surface area (Å²) in [5, 5.41) is 21.3. The van der Waals surface area contributed by atoms with Crippen molar-refractivity contribution in [2.24, 2.45) is 22.7 Å². The number of hydrogen-bond donors (Lipinski definition) is 2. The summed E-state index contributed by atoms with van der Waals surface area (Å²) in [6.45, 7) is 7.47. The fourth-order valence-electron chi connectivity index (χ4n) is 6.85. The minimum absolute atomic E-state index is 0.0915. The highest BCUT2D eigenvalue weighted by atomic mass is 16.5. The zero-order valence-electron chi connectivity index (χ0n) is 17.4. The number of fused-ring (bicyclic) bond motifs is 5. The third-order valence-electron chi connectivity index (χ3n) is 8.52. The van der Waals surface area contributed by atoms with Crippen LogP contribution in [-0.2, 0) is 14.3 Å².